The maximum absolute atomic E-state index is 14.5. The van der Waals surface area contributed by atoms with Gasteiger partial charge in [0.1, 0.15) is 5.82 Å². The van der Waals surface area contributed by atoms with Crippen LogP contribution in [0.3, 0.4) is 0 Å². The summed E-state index contributed by atoms with van der Waals surface area (Å²) in [5.41, 5.74) is 2.66. The molecule has 4 nitrogen and oxygen atoms in total. The SMILES string of the molecule is Cn1nc(C(=O)O)cc1-c1ccc2c(c1F)CCC2. The third-order valence-electron chi connectivity index (χ3n) is 3.59. The first-order valence-corrected chi connectivity index (χ1v) is 6.16. The molecule has 0 fully saturated rings. The molecule has 0 saturated carbocycles. The number of carboxylic acids is 1. The molecule has 1 heterocycles. The average Bonchev–Trinajstić information content (AvgIpc) is 2.97. The van der Waals surface area contributed by atoms with Crippen LogP contribution in [0.15, 0.2) is 18.2 Å². The van der Waals surface area contributed by atoms with Gasteiger partial charge in [0.15, 0.2) is 5.69 Å². The molecule has 0 atom stereocenters. The molecule has 0 saturated heterocycles. The molecule has 98 valence electrons. The van der Waals surface area contributed by atoms with Crippen molar-refractivity contribution in [3.8, 4) is 11.3 Å². The van der Waals surface area contributed by atoms with Gasteiger partial charge < -0.3 is 5.11 Å². The van der Waals surface area contributed by atoms with Gasteiger partial charge in [0.2, 0.25) is 0 Å². The zero-order chi connectivity index (χ0) is 13.6. The fraction of sp³-hybridized carbons (Fsp3) is 0.286. The first-order valence-electron chi connectivity index (χ1n) is 6.16. The number of halogens is 1. The Labute approximate surface area is 109 Å². The van der Waals surface area contributed by atoms with Crippen LogP contribution >= 0.6 is 0 Å². The van der Waals surface area contributed by atoms with E-state index in [1.807, 2.05) is 6.07 Å². The highest BCUT2D eigenvalue weighted by Gasteiger charge is 2.21. The molecule has 19 heavy (non-hydrogen) atoms. The fourth-order valence-corrected chi connectivity index (χ4v) is 2.64. The Bertz CT molecular complexity index is 676. The Morgan fingerprint density at radius 2 is 2.21 bits per heavy atom. The van der Waals surface area contributed by atoms with Gasteiger partial charge in [-0.05, 0) is 42.5 Å². The number of carbonyl (C=O) groups is 1. The van der Waals surface area contributed by atoms with Crippen molar-refractivity contribution in [1.82, 2.24) is 9.78 Å². The van der Waals surface area contributed by atoms with E-state index in [0.29, 0.717) is 11.3 Å². The van der Waals surface area contributed by atoms with Gasteiger partial charge in [0.25, 0.3) is 0 Å². The lowest BCUT2D eigenvalue weighted by Crippen LogP contribution is -2.00. The summed E-state index contributed by atoms with van der Waals surface area (Å²) in [7, 11) is 1.62. The van der Waals surface area contributed by atoms with Crippen LogP contribution in [0, 0.1) is 5.82 Å². The molecule has 0 aliphatic heterocycles. The van der Waals surface area contributed by atoms with Crippen LogP contribution < -0.4 is 0 Å². The second-order valence-electron chi connectivity index (χ2n) is 4.76. The summed E-state index contributed by atoms with van der Waals surface area (Å²) in [6.07, 6.45) is 2.64. The Morgan fingerprint density at radius 3 is 2.89 bits per heavy atom. The summed E-state index contributed by atoms with van der Waals surface area (Å²) in [5.74, 6) is -1.35. The lowest BCUT2D eigenvalue weighted by molar-refractivity contribution is 0.0689. The summed E-state index contributed by atoms with van der Waals surface area (Å²) in [4.78, 5) is 10.9. The van der Waals surface area contributed by atoms with Crippen LogP contribution in [0.25, 0.3) is 11.3 Å². The minimum atomic E-state index is -1.11. The van der Waals surface area contributed by atoms with Crippen LogP contribution in [-0.2, 0) is 19.9 Å². The fourth-order valence-electron chi connectivity index (χ4n) is 2.64. The number of fused-ring (bicyclic) bond motifs is 1. The summed E-state index contributed by atoms with van der Waals surface area (Å²) >= 11 is 0. The standard InChI is InChI=1S/C14H13FN2O2/c1-17-12(7-11(16-17)14(18)19)10-6-5-8-3-2-4-9(8)13(10)15/h5-7H,2-4H2,1H3,(H,18,19). The number of nitrogens with zero attached hydrogens (tertiary/aromatic N) is 2. The van der Waals surface area contributed by atoms with Crippen LogP contribution in [0.2, 0.25) is 0 Å². The van der Waals surface area contributed by atoms with Gasteiger partial charge in [-0.25, -0.2) is 9.18 Å². The Morgan fingerprint density at radius 1 is 1.42 bits per heavy atom. The molecule has 3 rings (SSSR count). The van der Waals surface area contributed by atoms with E-state index in [0.717, 1.165) is 30.4 Å². The number of carboxylic acid groups (broad SMARTS) is 1. The van der Waals surface area contributed by atoms with E-state index in [9.17, 15) is 9.18 Å². The smallest absolute Gasteiger partial charge is 0.356 e. The third kappa shape index (κ3) is 1.82. The van der Waals surface area contributed by atoms with Crippen molar-refractivity contribution in [3.05, 3.63) is 40.8 Å². The number of aryl methyl sites for hydroxylation is 2. The lowest BCUT2D eigenvalue weighted by atomic mass is 10.0. The predicted molar refractivity (Wildman–Crippen MR) is 67.6 cm³/mol. The van der Waals surface area contributed by atoms with E-state index in [4.69, 9.17) is 5.11 Å². The normalized spacial score (nSPS) is 13.6. The van der Waals surface area contributed by atoms with E-state index in [-0.39, 0.29) is 11.5 Å². The summed E-state index contributed by atoms with van der Waals surface area (Å²) in [6, 6.07) is 5.04. The van der Waals surface area contributed by atoms with Crippen molar-refractivity contribution in [3.63, 3.8) is 0 Å². The number of aromatic carboxylic acids is 1. The van der Waals surface area contributed by atoms with Crippen molar-refractivity contribution in [1.29, 1.82) is 0 Å². The van der Waals surface area contributed by atoms with Gasteiger partial charge in [-0.1, -0.05) is 6.07 Å². The number of hydrogen-bond donors (Lipinski definition) is 1. The summed E-state index contributed by atoms with van der Waals surface area (Å²) in [6.45, 7) is 0. The second kappa shape index (κ2) is 4.19. The molecular formula is C14H13FN2O2. The maximum Gasteiger partial charge on any atom is 0.356 e. The topological polar surface area (TPSA) is 55.1 Å². The highest BCUT2D eigenvalue weighted by Crippen LogP contribution is 2.32. The first-order chi connectivity index (χ1) is 9.08. The van der Waals surface area contributed by atoms with Crippen molar-refractivity contribution < 1.29 is 14.3 Å². The van der Waals surface area contributed by atoms with E-state index < -0.39 is 5.97 Å². The molecule has 2 aromatic rings. The highest BCUT2D eigenvalue weighted by atomic mass is 19.1. The zero-order valence-electron chi connectivity index (χ0n) is 10.5. The quantitative estimate of drug-likeness (QED) is 0.902. The largest absolute Gasteiger partial charge is 0.476 e. The molecule has 1 N–H and O–H groups in total. The molecule has 1 aromatic heterocycles. The van der Waals surface area contributed by atoms with E-state index in [2.05, 4.69) is 5.10 Å². The van der Waals surface area contributed by atoms with Gasteiger partial charge in [-0.15, -0.1) is 0 Å². The lowest BCUT2D eigenvalue weighted by Gasteiger charge is -2.08. The molecule has 0 bridgehead atoms. The van der Waals surface area contributed by atoms with Gasteiger partial charge in [-0.3, -0.25) is 4.68 Å². The Hall–Kier alpha value is -2.17. The zero-order valence-corrected chi connectivity index (χ0v) is 10.5. The first kappa shape index (κ1) is 11.9. The number of benzene rings is 1. The van der Waals surface area contributed by atoms with E-state index in [1.54, 1.807) is 13.1 Å². The Balaban J connectivity index is 2.15. The van der Waals surface area contributed by atoms with E-state index in [1.165, 1.54) is 10.7 Å². The van der Waals surface area contributed by atoms with Gasteiger partial charge in [-0.2, -0.15) is 5.10 Å². The molecule has 1 aliphatic carbocycles. The minimum Gasteiger partial charge on any atom is -0.476 e. The molecule has 0 unspecified atom stereocenters. The minimum absolute atomic E-state index is 0.0719. The van der Waals surface area contributed by atoms with Crippen LogP contribution in [0.4, 0.5) is 4.39 Å². The molecule has 0 amide bonds. The number of aromatic nitrogens is 2. The van der Waals surface area contributed by atoms with Crippen molar-refractivity contribution >= 4 is 5.97 Å². The van der Waals surface area contributed by atoms with Crippen molar-refractivity contribution in [2.45, 2.75) is 19.3 Å². The van der Waals surface area contributed by atoms with E-state index >= 15 is 0 Å². The molecule has 1 aliphatic rings. The molecule has 0 radical (unpaired) electrons. The number of hydrogen-bond acceptors (Lipinski definition) is 2. The highest BCUT2D eigenvalue weighted by molar-refractivity contribution is 5.87. The van der Waals surface area contributed by atoms with Gasteiger partial charge >= 0.3 is 5.97 Å². The summed E-state index contributed by atoms with van der Waals surface area (Å²) < 4.78 is 15.9. The second-order valence-corrected chi connectivity index (χ2v) is 4.76. The third-order valence-corrected chi connectivity index (χ3v) is 3.59. The van der Waals surface area contributed by atoms with Crippen LogP contribution in [0.1, 0.15) is 28.0 Å². The monoisotopic (exact) mass is 260 g/mol. The summed E-state index contributed by atoms with van der Waals surface area (Å²) in [5, 5.41) is 12.8. The van der Waals surface area contributed by atoms with Gasteiger partial charge in [0.05, 0.1) is 5.69 Å². The number of rotatable bonds is 2. The molecule has 5 heteroatoms. The maximum atomic E-state index is 14.5. The van der Waals surface area contributed by atoms with Gasteiger partial charge in [0, 0.05) is 12.6 Å². The average molecular weight is 260 g/mol. The van der Waals surface area contributed by atoms with Crippen LogP contribution in [0.5, 0.6) is 0 Å². The molecule has 1 aromatic carbocycles. The van der Waals surface area contributed by atoms with Crippen molar-refractivity contribution in [2.75, 3.05) is 0 Å². The predicted octanol–water partition coefficient (Wildman–Crippen LogP) is 2.41. The van der Waals surface area contributed by atoms with Crippen LogP contribution in [-0.4, -0.2) is 20.9 Å². The Kier molecular flexibility index (Phi) is 2.62. The molecule has 0 spiro atoms. The van der Waals surface area contributed by atoms with Crippen molar-refractivity contribution in [2.24, 2.45) is 7.05 Å². The molecular weight excluding hydrogens is 247 g/mol.